The van der Waals surface area contributed by atoms with Gasteiger partial charge in [-0.15, -0.1) is 0 Å². The van der Waals surface area contributed by atoms with Gasteiger partial charge in [0, 0.05) is 24.3 Å². The van der Waals surface area contributed by atoms with Crippen LogP contribution in [0.1, 0.15) is 32.8 Å². The van der Waals surface area contributed by atoms with Gasteiger partial charge in [0.15, 0.2) is 0 Å². The zero-order chi connectivity index (χ0) is 14.6. The normalized spacial score (nSPS) is 14.2. The van der Waals surface area contributed by atoms with Gasteiger partial charge in [-0.05, 0) is 31.7 Å². The van der Waals surface area contributed by atoms with Crippen molar-refractivity contribution in [1.29, 1.82) is 0 Å². The van der Waals surface area contributed by atoms with E-state index in [0.29, 0.717) is 12.5 Å². The van der Waals surface area contributed by atoms with Gasteiger partial charge in [-0.3, -0.25) is 10.1 Å². The molecule has 1 atom stereocenters. The fourth-order valence-corrected chi connectivity index (χ4v) is 2.16. The summed E-state index contributed by atoms with van der Waals surface area (Å²) in [6, 6.07) is 1.52. The number of hydrogen-bond donors (Lipinski definition) is 2. The Labute approximate surface area is 113 Å². The summed E-state index contributed by atoms with van der Waals surface area (Å²) in [5, 5.41) is 14.2. The third-order valence-corrected chi connectivity index (χ3v) is 2.93. The minimum Gasteiger partial charge on any atom is -0.358 e. The molecule has 19 heavy (non-hydrogen) atoms. The second-order valence-electron chi connectivity index (χ2n) is 5.63. The van der Waals surface area contributed by atoms with E-state index < -0.39 is 10.5 Å². The van der Waals surface area contributed by atoms with Crippen molar-refractivity contribution in [1.82, 2.24) is 4.98 Å². The second kappa shape index (κ2) is 5.97. The average molecular weight is 266 g/mol. The first-order valence-electron chi connectivity index (χ1n) is 6.36. The van der Waals surface area contributed by atoms with Gasteiger partial charge in [0.25, 0.3) is 0 Å². The van der Waals surface area contributed by atoms with E-state index >= 15 is 0 Å². The van der Waals surface area contributed by atoms with Crippen molar-refractivity contribution in [2.24, 2.45) is 11.7 Å². The first-order valence-corrected chi connectivity index (χ1v) is 6.36. The first-order chi connectivity index (χ1) is 8.77. The number of nitro groups is 1. The zero-order valence-electron chi connectivity index (χ0n) is 11.9. The lowest BCUT2D eigenvalue weighted by atomic mass is 9.90. The Balaban J connectivity index is 3.06. The fourth-order valence-electron chi connectivity index (χ4n) is 2.16. The Morgan fingerprint density at radius 3 is 2.68 bits per heavy atom. The molecule has 0 amide bonds. The molecule has 1 aromatic heterocycles. The number of rotatable bonds is 6. The topological polar surface area (TPSA) is 94.1 Å². The first kappa shape index (κ1) is 15.4. The highest BCUT2D eigenvalue weighted by Crippen LogP contribution is 2.27. The van der Waals surface area contributed by atoms with Gasteiger partial charge in [-0.2, -0.15) is 0 Å². The molecule has 0 radical (unpaired) electrons. The number of hydrogen-bond acceptors (Lipinski definition) is 5. The van der Waals surface area contributed by atoms with Gasteiger partial charge < -0.3 is 11.1 Å². The number of nitrogens with two attached hydrogens (primary N) is 1. The van der Waals surface area contributed by atoms with Crippen LogP contribution in [0.25, 0.3) is 0 Å². The number of aryl methyl sites for hydroxylation is 1. The summed E-state index contributed by atoms with van der Waals surface area (Å²) < 4.78 is 0. The van der Waals surface area contributed by atoms with E-state index in [0.717, 1.165) is 12.0 Å². The van der Waals surface area contributed by atoms with Gasteiger partial charge in [0.05, 0.1) is 4.92 Å². The van der Waals surface area contributed by atoms with E-state index in [1.165, 1.54) is 6.07 Å². The minimum absolute atomic E-state index is 0.0107. The summed E-state index contributed by atoms with van der Waals surface area (Å²) in [5.74, 6) is 0.717. The number of nitrogens with zero attached hydrogens (tertiary/aromatic N) is 2. The van der Waals surface area contributed by atoms with Crippen LogP contribution in [-0.4, -0.2) is 22.0 Å². The Morgan fingerprint density at radius 2 is 2.21 bits per heavy atom. The summed E-state index contributed by atoms with van der Waals surface area (Å²) in [4.78, 5) is 14.8. The molecule has 106 valence electrons. The SMILES string of the molecule is Cc1cnc(NC(C)(CN)CC(C)C)c([N+](=O)[O-])c1. The molecule has 1 unspecified atom stereocenters. The number of pyridine rings is 1. The maximum absolute atomic E-state index is 11.1. The van der Waals surface area contributed by atoms with E-state index in [1.807, 2.05) is 6.92 Å². The molecule has 1 aromatic rings. The molecule has 3 N–H and O–H groups in total. The van der Waals surface area contributed by atoms with Crippen LogP contribution >= 0.6 is 0 Å². The van der Waals surface area contributed by atoms with Gasteiger partial charge in [0.2, 0.25) is 5.82 Å². The Morgan fingerprint density at radius 1 is 1.58 bits per heavy atom. The molecule has 0 saturated carbocycles. The molecule has 0 bridgehead atoms. The average Bonchev–Trinajstić information content (AvgIpc) is 2.30. The second-order valence-corrected chi connectivity index (χ2v) is 5.63. The lowest BCUT2D eigenvalue weighted by molar-refractivity contribution is -0.384. The quantitative estimate of drug-likeness (QED) is 0.609. The smallest absolute Gasteiger partial charge is 0.311 e. The van der Waals surface area contributed by atoms with E-state index in [2.05, 4.69) is 24.1 Å². The van der Waals surface area contributed by atoms with Gasteiger partial charge in [-0.1, -0.05) is 13.8 Å². The molecule has 0 saturated heterocycles. The van der Waals surface area contributed by atoms with Crippen LogP contribution in [0.5, 0.6) is 0 Å². The Bertz CT molecular complexity index is 462. The van der Waals surface area contributed by atoms with Crippen molar-refractivity contribution in [2.75, 3.05) is 11.9 Å². The van der Waals surface area contributed by atoms with E-state index in [-0.39, 0.29) is 11.5 Å². The lowest BCUT2D eigenvalue weighted by Crippen LogP contribution is -2.44. The summed E-state index contributed by atoms with van der Waals surface area (Å²) >= 11 is 0. The predicted octanol–water partition coefficient (Wildman–Crippen LogP) is 2.47. The van der Waals surface area contributed by atoms with Gasteiger partial charge >= 0.3 is 5.69 Å². The third kappa shape index (κ3) is 4.17. The summed E-state index contributed by atoms with van der Waals surface area (Å²) in [6.45, 7) is 8.30. The molecule has 0 spiro atoms. The van der Waals surface area contributed by atoms with Crippen LogP contribution in [0.4, 0.5) is 11.5 Å². The van der Waals surface area contributed by atoms with Crippen molar-refractivity contribution in [3.8, 4) is 0 Å². The fraction of sp³-hybridized carbons (Fsp3) is 0.615. The maximum Gasteiger partial charge on any atom is 0.311 e. The summed E-state index contributed by atoms with van der Waals surface area (Å²) in [5.41, 5.74) is 6.15. The Kier molecular flexibility index (Phi) is 4.83. The van der Waals surface area contributed by atoms with E-state index in [1.54, 1.807) is 13.1 Å². The molecule has 0 aliphatic heterocycles. The van der Waals surface area contributed by atoms with Crippen LogP contribution < -0.4 is 11.1 Å². The standard InChI is InChI=1S/C13H22N4O2/c1-9(2)6-13(4,8-14)16-12-11(17(18)19)5-10(3)7-15-12/h5,7,9H,6,8,14H2,1-4H3,(H,15,16). The molecule has 0 aliphatic carbocycles. The van der Waals surface area contributed by atoms with E-state index in [9.17, 15) is 10.1 Å². The van der Waals surface area contributed by atoms with Crippen LogP contribution in [0.3, 0.4) is 0 Å². The molecule has 0 aliphatic rings. The molecule has 1 heterocycles. The van der Waals surface area contributed by atoms with Crippen LogP contribution in [-0.2, 0) is 0 Å². The van der Waals surface area contributed by atoms with Crippen LogP contribution in [0.2, 0.25) is 0 Å². The summed E-state index contributed by atoms with van der Waals surface area (Å²) in [7, 11) is 0. The molecule has 1 rings (SSSR count). The zero-order valence-corrected chi connectivity index (χ0v) is 11.9. The molecule has 0 fully saturated rings. The molecule has 0 aromatic carbocycles. The molecular formula is C13H22N4O2. The lowest BCUT2D eigenvalue weighted by Gasteiger charge is -2.31. The highest BCUT2D eigenvalue weighted by atomic mass is 16.6. The number of anilines is 1. The Hall–Kier alpha value is -1.69. The highest BCUT2D eigenvalue weighted by molar-refractivity contribution is 5.57. The van der Waals surface area contributed by atoms with Gasteiger partial charge in [-0.25, -0.2) is 4.98 Å². The molecule has 6 nitrogen and oxygen atoms in total. The number of aromatic nitrogens is 1. The van der Waals surface area contributed by atoms with Crippen molar-refractivity contribution >= 4 is 11.5 Å². The maximum atomic E-state index is 11.1. The monoisotopic (exact) mass is 266 g/mol. The van der Waals surface area contributed by atoms with Crippen molar-refractivity contribution < 1.29 is 4.92 Å². The summed E-state index contributed by atoms with van der Waals surface area (Å²) in [6.07, 6.45) is 2.43. The van der Waals surface area contributed by atoms with Crippen LogP contribution in [0.15, 0.2) is 12.3 Å². The highest BCUT2D eigenvalue weighted by Gasteiger charge is 2.27. The number of nitrogens with one attached hydrogen (secondary N) is 1. The van der Waals surface area contributed by atoms with E-state index in [4.69, 9.17) is 5.73 Å². The molecule has 6 heteroatoms. The predicted molar refractivity (Wildman–Crippen MR) is 76.2 cm³/mol. The largest absolute Gasteiger partial charge is 0.358 e. The van der Waals surface area contributed by atoms with Crippen molar-refractivity contribution in [3.63, 3.8) is 0 Å². The van der Waals surface area contributed by atoms with Crippen LogP contribution in [0, 0.1) is 23.0 Å². The minimum atomic E-state index is -0.422. The third-order valence-electron chi connectivity index (χ3n) is 2.93. The molecular weight excluding hydrogens is 244 g/mol. The van der Waals surface area contributed by atoms with Gasteiger partial charge in [0.1, 0.15) is 0 Å². The van der Waals surface area contributed by atoms with Crippen molar-refractivity contribution in [3.05, 3.63) is 27.9 Å². The van der Waals surface area contributed by atoms with Crippen molar-refractivity contribution in [2.45, 2.75) is 39.7 Å².